The summed E-state index contributed by atoms with van der Waals surface area (Å²) in [4.78, 5) is 27.9. The molecule has 1 aliphatic carbocycles. The standard InChI is InChI=1S/C29H36N6O2/c36-29(37)25(34-27-19-26(31-20-32-27)21-7-2-1-3-8-21)15-18-35(24-13-14-24)17-5-4-10-23-12-11-22-9-6-16-30-28(22)33-23/h1-3,7-8,11-12,19-20,24-25H,4-6,9-10,13-18H2,(H,30,33)(H,36,37)(H,31,32,34)/t25-/m0/s1. The van der Waals surface area contributed by atoms with Crippen molar-refractivity contribution in [3.05, 3.63) is 66.1 Å². The number of aromatic nitrogens is 3. The van der Waals surface area contributed by atoms with Crippen LogP contribution >= 0.6 is 0 Å². The number of nitrogens with zero attached hydrogens (tertiary/aromatic N) is 4. The number of aliphatic carboxylic acids is 1. The van der Waals surface area contributed by atoms with Crippen molar-refractivity contribution in [1.82, 2.24) is 19.9 Å². The Hall–Kier alpha value is -3.52. The van der Waals surface area contributed by atoms with Gasteiger partial charge in [0.2, 0.25) is 0 Å². The van der Waals surface area contributed by atoms with Gasteiger partial charge in [-0.05, 0) is 69.5 Å². The zero-order valence-electron chi connectivity index (χ0n) is 21.3. The lowest BCUT2D eigenvalue weighted by Crippen LogP contribution is -2.36. The minimum absolute atomic E-state index is 0.522. The fourth-order valence-corrected chi connectivity index (χ4v) is 4.98. The summed E-state index contributed by atoms with van der Waals surface area (Å²) >= 11 is 0. The van der Waals surface area contributed by atoms with E-state index in [9.17, 15) is 9.90 Å². The number of carbonyl (C=O) groups is 1. The van der Waals surface area contributed by atoms with Crippen LogP contribution in [0.25, 0.3) is 11.3 Å². The molecule has 0 spiro atoms. The van der Waals surface area contributed by atoms with Crippen molar-refractivity contribution >= 4 is 17.6 Å². The first-order valence-corrected chi connectivity index (χ1v) is 13.5. The van der Waals surface area contributed by atoms with E-state index in [1.165, 1.54) is 31.2 Å². The lowest BCUT2D eigenvalue weighted by molar-refractivity contribution is -0.138. The third kappa shape index (κ3) is 7.04. The van der Waals surface area contributed by atoms with Crippen LogP contribution in [0, 0.1) is 0 Å². The maximum atomic E-state index is 12.0. The van der Waals surface area contributed by atoms with Gasteiger partial charge in [-0.15, -0.1) is 0 Å². The second-order valence-electron chi connectivity index (χ2n) is 10.0. The second kappa shape index (κ2) is 12.1. The van der Waals surface area contributed by atoms with Gasteiger partial charge in [0, 0.05) is 36.5 Å². The molecule has 2 aliphatic rings. The number of nitrogens with one attached hydrogen (secondary N) is 2. The van der Waals surface area contributed by atoms with E-state index in [-0.39, 0.29) is 0 Å². The molecule has 8 nitrogen and oxygen atoms in total. The van der Waals surface area contributed by atoms with Crippen LogP contribution in [0.1, 0.15) is 49.8 Å². The number of hydrogen-bond donors (Lipinski definition) is 3. The van der Waals surface area contributed by atoms with Crippen LogP contribution in [-0.2, 0) is 17.6 Å². The SMILES string of the molecule is O=C(O)[C@H](CCN(CCCCc1ccc2c(n1)NCCC2)C1CC1)Nc1cc(-c2ccccc2)ncn1. The van der Waals surface area contributed by atoms with Gasteiger partial charge in [0.05, 0.1) is 5.69 Å². The van der Waals surface area contributed by atoms with E-state index in [1.807, 2.05) is 36.4 Å². The normalized spacial score (nSPS) is 15.6. The minimum Gasteiger partial charge on any atom is -0.480 e. The van der Waals surface area contributed by atoms with Crippen LogP contribution in [0.15, 0.2) is 54.9 Å². The Labute approximate surface area is 218 Å². The van der Waals surface area contributed by atoms with E-state index in [0.717, 1.165) is 68.1 Å². The van der Waals surface area contributed by atoms with Crippen molar-refractivity contribution in [2.45, 2.75) is 63.5 Å². The zero-order valence-corrected chi connectivity index (χ0v) is 21.3. The molecule has 5 rings (SSSR count). The van der Waals surface area contributed by atoms with Crippen LogP contribution in [0.2, 0.25) is 0 Å². The summed E-state index contributed by atoms with van der Waals surface area (Å²) in [6.07, 6.45) is 9.84. The number of pyridine rings is 1. The van der Waals surface area contributed by atoms with Crippen LogP contribution < -0.4 is 10.6 Å². The Morgan fingerprint density at radius 3 is 2.78 bits per heavy atom. The van der Waals surface area contributed by atoms with Gasteiger partial charge in [-0.2, -0.15) is 0 Å². The first-order valence-electron chi connectivity index (χ1n) is 13.5. The third-order valence-electron chi connectivity index (χ3n) is 7.21. The molecule has 0 unspecified atom stereocenters. The maximum Gasteiger partial charge on any atom is 0.326 e. The maximum absolute atomic E-state index is 12.0. The highest BCUT2D eigenvalue weighted by atomic mass is 16.4. The molecule has 3 heterocycles. The highest BCUT2D eigenvalue weighted by Gasteiger charge is 2.30. The van der Waals surface area contributed by atoms with Crippen molar-refractivity contribution in [3.8, 4) is 11.3 Å². The molecule has 1 aliphatic heterocycles. The fourth-order valence-electron chi connectivity index (χ4n) is 4.98. The molecule has 37 heavy (non-hydrogen) atoms. The van der Waals surface area contributed by atoms with E-state index in [0.29, 0.717) is 18.3 Å². The Bertz CT molecular complexity index is 1180. The topological polar surface area (TPSA) is 103 Å². The van der Waals surface area contributed by atoms with Crippen molar-refractivity contribution < 1.29 is 9.90 Å². The Morgan fingerprint density at radius 2 is 1.97 bits per heavy atom. The van der Waals surface area contributed by atoms with Crippen molar-refractivity contribution in [1.29, 1.82) is 0 Å². The van der Waals surface area contributed by atoms with Gasteiger partial charge in [0.25, 0.3) is 0 Å². The largest absolute Gasteiger partial charge is 0.480 e. The molecular formula is C29H36N6O2. The number of benzene rings is 1. The number of carboxylic acids is 1. The Kier molecular flexibility index (Phi) is 8.25. The van der Waals surface area contributed by atoms with Crippen LogP contribution in [0.3, 0.4) is 0 Å². The molecular weight excluding hydrogens is 464 g/mol. The number of hydrogen-bond acceptors (Lipinski definition) is 7. The second-order valence-corrected chi connectivity index (χ2v) is 10.0. The molecule has 0 amide bonds. The van der Waals surface area contributed by atoms with Crippen LogP contribution in [-0.4, -0.2) is 62.6 Å². The molecule has 1 atom stereocenters. The highest BCUT2D eigenvalue weighted by Crippen LogP contribution is 2.28. The van der Waals surface area contributed by atoms with E-state index in [4.69, 9.17) is 4.98 Å². The summed E-state index contributed by atoms with van der Waals surface area (Å²) < 4.78 is 0. The molecule has 0 radical (unpaired) electrons. The molecule has 1 fully saturated rings. The van der Waals surface area contributed by atoms with Gasteiger partial charge in [0.15, 0.2) is 0 Å². The molecule has 2 aromatic heterocycles. The van der Waals surface area contributed by atoms with E-state index in [2.05, 4.69) is 37.6 Å². The minimum atomic E-state index is -0.859. The first kappa shape index (κ1) is 25.1. The number of rotatable bonds is 13. The Balaban J connectivity index is 1.11. The van der Waals surface area contributed by atoms with E-state index < -0.39 is 12.0 Å². The van der Waals surface area contributed by atoms with Gasteiger partial charge < -0.3 is 20.6 Å². The van der Waals surface area contributed by atoms with Gasteiger partial charge in [-0.3, -0.25) is 0 Å². The number of fused-ring (bicyclic) bond motifs is 1. The molecule has 0 bridgehead atoms. The summed E-state index contributed by atoms with van der Waals surface area (Å²) in [5.41, 5.74) is 4.23. The summed E-state index contributed by atoms with van der Waals surface area (Å²) in [6.45, 7) is 2.76. The highest BCUT2D eigenvalue weighted by molar-refractivity contribution is 5.77. The number of anilines is 2. The molecule has 3 N–H and O–H groups in total. The molecule has 0 saturated heterocycles. The van der Waals surface area contributed by atoms with Gasteiger partial charge in [-0.25, -0.2) is 19.7 Å². The number of unbranched alkanes of at least 4 members (excludes halogenated alkanes) is 1. The number of carboxylic acid groups (broad SMARTS) is 1. The Morgan fingerprint density at radius 1 is 1.11 bits per heavy atom. The van der Waals surface area contributed by atoms with Gasteiger partial charge >= 0.3 is 5.97 Å². The lowest BCUT2D eigenvalue weighted by atomic mass is 10.1. The van der Waals surface area contributed by atoms with Crippen LogP contribution in [0.4, 0.5) is 11.6 Å². The lowest BCUT2D eigenvalue weighted by Gasteiger charge is -2.24. The first-order chi connectivity index (χ1) is 18.2. The summed E-state index contributed by atoms with van der Waals surface area (Å²) in [6, 6.07) is 15.9. The van der Waals surface area contributed by atoms with E-state index in [1.54, 1.807) is 0 Å². The predicted octanol–water partition coefficient (Wildman–Crippen LogP) is 4.64. The molecule has 1 aromatic carbocycles. The third-order valence-corrected chi connectivity index (χ3v) is 7.21. The summed E-state index contributed by atoms with van der Waals surface area (Å²) in [7, 11) is 0. The van der Waals surface area contributed by atoms with Gasteiger partial charge in [-0.1, -0.05) is 36.4 Å². The molecule has 194 valence electrons. The average molecular weight is 501 g/mol. The molecule has 3 aromatic rings. The van der Waals surface area contributed by atoms with Gasteiger partial charge in [0.1, 0.15) is 24.0 Å². The monoisotopic (exact) mass is 500 g/mol. The summed E-state index contributed by atoms with van der Waals surface area (Å²) in [5, 5.41) is 16.4. The van der Waals surface area contributed by atoms with Crippen molar-refractivity contribution in [3.63, 3.8) is 0 Å². The summed E-state index contributed by atoms with van der Waals surface area (Å²) in [5.74, 6) is 0.740. The van der Waals surface area contributed by atoms with Crippen molar-refractivity contribution in [2.24, 2.45) is 0 Å². The average Bonchev–Trinajstić information content (AvgIpc) is 3.78. The quantitative estimate of drug-likeness (QED) is 0.292. The van der Waals surface area contributed by atoms with Crippen molar-refractivity contribution in [2.75, 3.05) is 30.3 Å². The predicted molar refractivity (Wildman–Crippen MR) is 146 cm³/mol. The number of aryl methyl sites for hydroxylation is 2. The molecule has 1 saturated carbocycles. The molecule has 8 heteroatoms. The van der Waals surface area contributed by atoms with Crippen LogP contribution in [0.5, 0.6) is 0 Å². The van der Waals surface area contributed by atoms with E-state index >= 15 is 0 Å². The zero-order chi connectivity index (χ0) is 25.5. The smallest absolute Gasteiger partial charge is 0.326 e. The fraction of sp³-hybridized carbons (Fsp3) is 0.448.